The third-order valence-corrected chi connectivity index (χ3v) is 0.188. The summed E-state index contributed by atoms with van der Waals surface area (Å²) >= 11 is 0. The number of hydrogen-bond acceptors (Lipinski definition) is 0. The molecule has 0 nitrogen and oxygen atoms in total. The molecular formula is C6V2-2. The molecule has 0 unspecified atom stereocenters. The second-order valence-electron chi connectivity index (χ2n) is 0.500. The van der Waals surface area contributed by atoms with E-state index in [1.807, 2.05) is 0 Å². The van der Waals surface area contributed by atoms with Crippen molar-refractivity contribution in [3.05, 3.63) is 12.8 Å². The molecule has 0 saturated heterocycles. The molecule has 0 aromatic carbocycles. The Morgan fingerprint density at radius 1 is 0.750 bits per heavy atom. The largest absolute Gasteiger partial charge is 0.360 e. The van der Waals surface area contributed by atoms with Crippen LogP contribution in [-0.4, -0.2) is 0 Å². The van der Waals surface area contributed by atoms with E-state index in [2.05, 4.69) is 11.8 Å². The topological polar surface area (TPSA) is 0 Å². The van der Waals surface area contributed by atoms with Crippen molar-refractivity contribution in [2.24, 2.45) is 0 Å². The van der Waals surface area contributed by atoms with Gasteiger partial charge in [-0.2, -0.15) is 0 Å². The van der Waals surface area contributed by atoms with Crippen LogP contribution in [0.2, 0.25) is 0 Å². The zero-order chi connectivity index (χ0) is 4.83. The minimum atomic E-state index is 0. The molecule has 0 aliphatic carbocycles. The summed E-state index contributed by atoms with van der Waals surface area (Å²) in [5.41, 5.74) is 0. The Morgan fingerprint density at radius 3 is 1.12 bits per heavy atom. The van der Waals surface area contributed by atoms with Crippen molar-refractivity contribution in [2.45, 2.75) is 0 Å². The zero-order valence-electron chi connectivity index (χ0n) is 3.89. The van der Waals surface area contributed by atoms with E-state index in [-0.39, 0.29) is 37.1 Å². The van der Waals surface area contributed by atoms with Gasteiger partial charge in [0, 0.05) is 37.1 Å². The Kier molecular flexibility index (Phi) is 31.0. The first-order chi connectivity index (χ1) is 2.91. The van der Waals surface area contributed by atoms with Crippen LogP contribution in [0.25, 0.3) is 0 Å². The van der Waals surface area contributed by atoms with Crippen molar-refractivity contribution < 1.29 is 37.1 Å². The van der Waals surface area contributed by atoms with Gasteiger partial charge in [0.2, 0.25) is 0 Å². The molecular weight excluding hydrogens is 174 g/mol. The van der Waals surface area contributed by atoms with Gasteiger partial charge in [0.05, 0.1) is 0 Å². The molecule has 0 N–H and O–H groups in total. The molecule has 0 aromatic heterocycles. The van der Waals surface area contributed by atoms with Crippen molar-refractivity contribution in [1.82, 2.24) is 0 Å². The summed E-state index contributed by atoms with van der Waals surface area (Å²) in [6, 6.07) is 0. The standard InChI is InChI=1S/C6.2V/c1-3-5-6-4-2;;/q-2;;. The van der Waals surface area contributed by atoms with Crippen LogP contribution in [-0.2, 0) is 37.1 Å². The summed E-state index contributed by atoms with van der Waals surface area (Å²) < 4.78 is 0. The van der Waals surface area contributed by atoms with Crippen LogP contribution >= 0.6 is 0 Å². The van der Waals surface area contributed by atoms with Gasteiger partial charge < -0.3 is 24.7 Å². The van der Waals surface area contributed by atoms with Crippen LogP contribution in [0.5, 0.6) is 0 Å². The van der Waals surface area contributed by atoms with Crippen LogP contribution in [0.3, 0.4) is 0 Å². The molecule has 0 aromatic rings. The van der Waals surface area contributed by atoms with Crippen molar-refractivity contribution >= 4 is 0 Å². The van der Waals surface area contributed by atoms with E-state index in [1.54, 1.807) is 11.8 Å². The van der Waals surface area contributed by atoms with Crippen LogP contribution in [0, 0.1) is 36.5 Å². The van der Waals surface area contributed by atoms with Crippen molar-refractivity contribution in [3.8, 4) is 23.7 Å². The predicted octanol–water partition coefficient (Wildman–Crippen LogP) is 0.164. The molecule has 0 fully saturated rings. The quantitative estimate of drug-likeness (QED) is 0.362. The molecule has 0 aliphatic heterocycles. The van der Waals surface area contributed by atoms with Gasteiger partial charge in [-0.25, -0.2) is 0 Å². The van der Waals surface area contributed by atoms with Gasteiger partial charge in [0.1, 0.15) is 0 Å². The third-order valence-electron chi connectivity index (χ3n) is 0.188. The fraction of sp³-hybridized carbons (Fsp3) is 0. The van der Waals surface area contributed by atoms with Gasteiger partial charge in [0.25, 0.3) is 0 Å². The Balaban J connectivity index is -0.000000125. The molecule has 0 atom stereocenters. The van der Waals surface area contributed by atoms with Gasteiger partial charge in [-0.3, -0.25) is 11.8 Å². The molecule has 0 aliphatic rings. The van der Waals surface area contributed by atoms with E-state index in [9.17, 15) is 0 Å². The second-order valence-corrected chi connectivity index (χ2v) is 0.500. The van der Waals surface area contributed by atoms with E-state index in [0.717, 1.165) is 0 Å². The number of rotatable bonds is 0. The first-order valence-corrected chi connectivity index (χ1v) is 1.25. The first-order valence-electron chi connectivity index (χ1n) is 1.25. The SMILES string of the molecule is [C-]#CC#CC#[C-].[V].[V]. The van der Waals surface area contributed by atoms with Crippen molar-refractivity contribution in [1.29, 1.82) is 0 Å². The fourth-order valence-corrected chi connectivity index (χ4v) is 0.0625. The minimum absolute atomic E-state index is 0. The average molecular weight is 174 g/mol. The van der Waals surface area contributed by atoms with Gasteiger partial charge in [-0.15, -0.1) is 0 Å². The van der Waals surface area contributed by atoms with E-state index in [0.29, 0.717) is 0 Å². The zero-order valence-corrected chi connectivity index (χ0v) is 6.69. The molecule has 0 spiro atoms. The Bertz CT molecular complexity index is 140. The first kappa shape index (κ1) is 15.7. The van der Waals surface area contributed by atoms with Crippen LogP contribution in [0.4, 0.5) is 0 Å². The van der Waals surface area contributed by atoms with Crippen LogP contribution in [0.15, 0.2) is 0 Å². The van der Waals surface area contributed by atoms with Crippen molar-refractivity contribution in [2.75, 3.05) is 0 Å². The predicted molar refractivity (Wildman–Crippen MR) is 22.0 cm³/mol. The fourth-order valence-electron chi connectivity index (χ4n) is 0.0625. The van der Waals surface area contributed by atoms with Gasteiger partial charge in [-0.1, -0.05) is 0 Å². The maximum absolute atomic E-state index is 6.16. The Morgan fingerprint density at radius 2 is 1.00 bits per heavy atom. The van der Waals surface area contributed by atoms with Gasteiger partial charge >= 0.3 is 0 Å². The molecule has 0 rings (SSSR count). The molecule has 0 amide bonds. The van der Waals surface area contributed by atoms with Crippen molar-refractivity contribution in [3.63, 3.8) is 0 Å². The monoisotopic (exact) mass is 174 g/mol. The summed E-state index contributed by atoms with van der Waals surface area (Å²) in [4.78, 5) is 0. The third kappa shape index (κ3) is 16.9. The minimum Gasteiger partial charge on any atom is -0.360 e. The van der Waals surface area contributed by atoms with Crippen LogP contribution in [0.1, 0.15) is 0 Å². The molecule has 0 bridgehead atoms. The summed E-state index contributed by atoms with van der Waals surface area (Å²) in [5, 5.41) is 0. The smallest absolute Gasteiger partial charge is 0 e. The van der Waals surface area contributed by atoms with E-state index in [1.165, 1.54) is 0 Å². The average Bonchev–Trinajstić information content (AvgIpc) is 1.61. The van der Waals surface area contributed by atoms with E-state index >= 15 is 0 Å². The molecule has 0 heterocycles. The van der Waals surface area contributed by atoms with Gasteiger partial charge in [-0.05, 0) is 0 Å². The molecule has 36 valence electrons. The van der Waals surface area contributed by atoms with E-state index < -0.39 is 0 Å². The maximum Gasteiger partial charge on any atom is 0 e. The Hall–Kier alpha value is -0.151. The normalized spacial score (nSPS) is 2.25. The van der Waals surface area contributed by atoms with Gasteiger partial charge in [0.15, 0.2) is 0 Å². The van der Waals surface area contributed by atoms with E-state index in [4.69, 9.17) is 12.8 Å². The summed E-state index contributed by atoms with van der Waals surface area (Å²) in [6.07, 6.45) is 12.3. The maximum atomic E-state index is 6.16. The summed E-state index contributed by atoms with van der Waals surface area (Å²) in [5.74, 6) is 7.68. The molecule has 2 heteroatoms. The summed E-state index contributed by atoms with van der Waals surface area (Å²) in [7, 11) is 0. The molecule has 0 saturated carbocycles. The van der Waals surface area contributed by atoms with Crippen LogP contribution < -0.4 is 0 Å². The molecule has 2 radical (unpaired) electrons. The second kappa shape index (κ2) is 15.8. The number of hydrogen-bond donors (Lipinski definition) is 0. The summed E-state index contributed by atoms with van der Waals surface area (Å²) in [6.45, 7) is 0. The Labute approximate surface area is 73.6 Å². The molecule has 8 heavy (non-hydrogen) atoms.